The van der Waals surface area contributed by atoms with Crippen LogP contribution >= 0.6 is 0 Å². The summed E-state index contributed by atoms with van der Waals surface area (Å²) in [6.45, 7) is 1.66. The molecule has 0 bridgehead atoms. The predicted octanol–water partition coefficient (Wildman–Crippen LogP) is 0.415. The highest BCUT2D eigenvalue weighted by molar-refractivity contribution is 5.80. The molecule has 5 nitrogen and oxygen atoms in total. The second kappa shape index (κ2) is 5.89. The van der Waals surface area contributed by atoms with Gasteiger partial charge in [-0.1, -0.05) is 6.92 Å². The van der Waals surface area contributed by atoms with Gasteiger partial charge in [0.15, 0.2) is 6.29 Å². The standard InChI is InChI=1S/C12H14O5/c1-3-10(12(14)15)17-11-5-4-9(16-2)6-8(11)7-13/h4-7,10H,3H2,1-2H3,(H,14,15)/p-1. The molecule has 0 heterocycles. The van der Waals surface area contributed by atoms with E-state index >= 15 is 0 Å². The van der Waals surface area contributed by atoms with E-state index in [2.05, 4.69) is 0 Å². The van der Waals surface area contributed by atoms with E-state index in [1.165, 1.54) is 19.2 Å². The lowest BCUT2D eigenvalue weighted by molar-refractivity contribution is -0.313. The van der Waals surface area contributed by atoms with Crippen LogP contribution in [0.25, 0.3) is 0 Å². The minimum absolute atomic E-state index is 0.205. The molecular weight excluding hydrogens is 224 g/mol. The molecule has 1 unspecified atom stereocenters. The summed E-state index contributed by atoms with van der Waals surface area (Å²) in [5.74, 6) is -0.599. The SMILES string of the molecule is CCC(Oc1ccc(OC)cc1C=O)C(=O)[O-]. The Morgan fingerprint density at radius 3 is 2.71 bits per heavy atom. The van der Waals surface area contributed by atoms with E-state index < -0.39 is 12.1 Å². The first-order chi connectivity index (χ1) is 8.12. The van der Waals surface area contributed by atoms with Crippen LogP contribution in [0.5, 0.6) is 11.5 Å². The number of aldehydes is 1. The molecule has 0 fully saturated rings. The molecule has 17 heavy (non-hydrogen) atoms. The summed E-state index contributed by atoms with van der Waals surface area (Å²) in [6.07, 6.45) is -0.228. The average molecular weight is 237 g/mol. The van der Waals surface area contributed by atoms with Crippen molar-refractivity contribution in [1.29, 1.82) is 0 Å². The van der Waals surface area contributed by atoms with Crippen molar-refractivity contribution in [2.75, 3.05) is 7.11 Å². The van der Waals surface area contributed by atoms with Crippen molar-refractivity contribution in [3.63, 3.8) is 0 Å². The fourth-order valence-electron chi connectivity index (χ4n) is 1.30. The Labute approximate surface area is 99.0 Å². The molecule has 0 saturated heterocycles. The van der Waals surface area contributed by atoms with Crippen LogP contribution < -0.4 is 14.6 Å². The quantitative estimate of drug-likeness (QED) is 0.670. The number of aliphatic carboxylic acids is 1. The maximum atomic E-state index is 10.8. The summed E-state index contributed by atoms with van der Waals surface area (Å²) in [7, 11) is 1.47. The zero-order valence-electron chi connectivity index (χ0n) is 9.64. The fourth-order valence-corrected chi connectivity index (χ4v) is 1.30. The molecule has 5 heteroatoms. The number of hydrogen-bond acceptors (Lipinski definition) is 5. The number of benzene rings is 1. The summed E-state index contributed by atoms with van der Waals surface area (Å²) >= 11 is 0. The van der Waals surface area contributed by atoms with E-state index in [0.717, 1.165) is 0 Å². The zero-order chi connectivity index (χ0) is 12.8. The third-order valence-electron chi connectivity index (χ3n) is 2.25. The third kappa shape index (κ3) is 3.21. The largest absolute Gasteiger partial charge is 0.546 e. The second-order valence-corrected chi connectivity index (χ2v) is 3.36. The minimum atomic E-state index is -1.31. The summed E-state index contributed by atoms with van der Waals surface area (Å²) in [5.41, 5.74) is 0.240. The van der Waals surface area contributed by atoms with Gasteiger partial charge in [0, 0.05) is 0 Å². The molecular formula is C12H13O5-. The lowest BCUT2D eigenvalue weighted by Gasteiger charge is -2.19. The Kier molecular flexibility index (Phi) is 4.51. The first kappa shape index (κ1) is 13.0. The molecule has 0 aliphatic rings. The molecule has 1 aromatic rings. The molecule has 1 aromatic carbocycles. The van der Waals surface area contributed by atoms with E-state index in [1.54, 1.807) is 13.0 Å². The fraction of sp³-hybridized carbons (Fsp3) is 0.333. The first-order valence-electron chi connectivity index (χ1n) is 5.13. The summed E-state index contributed by atoms with van der Waals surface area (Å²) in [4.78, 5) is 21.5. The number of methoxy groups -OCH3 is 1. The Morgan fingerprint density at radius 2 is 2.24 bits per heavy atom. The lowest BCUT2D eigenvalue weighted by atomic mass is 10.2. The van der Waals surface area contributed by atoms with E-state index in [4.69, 9.17) is 9.47 Å². The van der Waals surface area contributed by atoms with Gasteiger partial charge in [0.1, 0.15) is 17.6 Å². The van der Waals surface area contributed by atoms with Gasteiger partial charge < -0.3 is 19.4 Å². The Morgan fingerprint density at radius 1 is 1.53 bits per heavy atom. The number of rotatable bonds is 6. The Balaban J connectivity index is 2.97. The van der Waals surface area contributed by atoms with Crippen molar-refractivity contribution in [2.45, 2.75) is 19.4 Å². The first-order valence-corrected chi connectivity index (χ1v) is 5.13. The molecule has 0 N–H and O–H groups in total. The van der Waals surface area contributed by atoms with Gasteiger partial charge in [-0.25, -0.2) is 0 Å². The van der Waals surface area contributed by atoms with Gasteiger partial charge in [0.05, 0.1) is 18.6 Å². The molecule has 92 valence electrons. The number of ether oxygens (including phenoxy) is 2. The summed E-state index contributed by atoms with van der Waals surface area (Å²) in [5, 5.41) is 10.7. The number of carboxylic acid groups (broad SMARTS) is 1. The maximum absolute atomic E-state index is 10.8. The molecule has 0 spiro atoms. The van der Waals surface area contributed by atoms with Crippen molar-refractivity contribution in [3.8, 4) is 11.5 Å². The van der Waals surface area contributed by atoms with Crippen molar-refractivity contribution < 1.29 is 24.2 Å². The molecule has 0 saturated carbocycles. The van der Waals surface area contributed by atoms with Crippen molar-refractivity contribution >= 4 is 12.3 Å². The number of carboxylic acids is 1. The molecule has 1 rings (SSSR count). The van der Waals surface area contributed by atoms with Gasteiger partial charge in [-0.05, 0) is 24.6 Å². The number of hydrogen-bond donors (Lipinski definition) is 0. The van der Waals surface area contributed by atoms with Crippen LogP contribution in [0.4, 0.5) is 0 Å². The maximum Gasteiger partial charge on any atom is 0.153 e. The van der Waals surface area contributed by atoms with E-state index in [0.29, 0.717) is 12.0 Å². The minimum Gasteiger partial charge on any atom is -0.546 e. The Hall–Kier alpha value is -2.04. The van der Waals surface area contributed by atoms with Crippen LogP contribution in [-0.2, 0) is 4.79 Å². The van der Waals surface area contributed by atoms with Crippen molar-refractivity contribution in [1.82, 2.24) is 0 Å². The van der Waals surface area contributed by atoms with Crippen LogP contribution in [0.1, 0.15) is 23.7 Å². The van der Waals surface area contributed by atoms with Crippen LogP contribution in [0.15, 0.2) is 18.2 Å². The smallest absolute Gasteiger partial charge is 0.153 e. The number of carbonyl (C=O) groups excluding carboxylic acids is 2. The topological polar surface area (TPSA) is 75.7 Å². The number of carbonyl (C=O) groups is 2. The van der Waals surface area contributed by atoms with E-state index in [9.17, 15) is 14.7 Å². The summed E-state index contributed by atoms with van der Waals surface area (Å²) < 4.78 is 10.1. The Bertz CT molecular complexity index is 413. The van der Waals surface area contributed by atoms with Crippen molar-refractivity contribution in [2.24, 2.45) is 0 Å². The highest BCUT2D eigenvalue weighted by Crippen LogP contribution is 2.24. The molecule has 0 radical (unpaired) electrons. The molecule has 0 amide bonds. The van der Waals surface area contributed by atoms with Gasteiger partial charge in [-0.2, -0.15) is 0 Å². The predicted molar refractivity (Wildman–Crippen MR) is 58.1 cm³/mol. The zero-order valence-corrected chi connectivity index (χ0v) is 9.64. The van der Waals surface area contributed by atoms with Gasteiger partial charge >= 0.3 is 0 Å². The monoisotopic (exact) mass is 237 g/mol. The van der Waals surface area contributed by atoms with E-state index in [-0.39, 0.29) is 17.7 Å². The second-order valence-electron chi connectivity index (χ2n) is 3.36. The van der Waals surface area contributed by atoms with Gasteiger partial charge in [0.2, 0.25) is 0 Å². The van der Waals surface area contributed by atoms with Crippen LogP contribution in [0.3, 0.4) is 0 Å². The van der Waals surface area contributed by atoms with Crippen LogP contribution in [-0.4, -0.2) is 25.5 Å². The highest BCUT2D eigenvalue weighted by Gasteiger charge is 2.12. The third-order valence-corrected chi connectivity index (χ3v) is 2.25. The van der Waals surface area contributed by atoms with Crippen LogP contribution in [0.2, 0.25) is 0 Å². The van der Waals surface area contributed by atoms with Gasteiger partial charge in [-0.3, -0.25) is 4.79 Å². The van der Waals surface area contributed by atoms with Gasteiger partial charge in [0.25, 0.3) is 0 Å². The summed E-state index contributed by atoms with van der Waals surface area (Å²) in [6, 6.07) is 4.56. The van der Waals surface area contributed by atoms with Crippen molar-refractivity contribution in [3.05, 3.63) is 23.8 Å². The van der Waals surface area contributed by atoms with E-state index in [1.807, 2.05) is 0 Å². The molecule has 0 aliphatic heterocycles. The lowest BCUT2D eigenvalue weighted by Crippen LogP contribution is -2.39. The molecule has 0 aliphatic carbocycles. The average Bonchev–Trinajstić information content (AvgIpc) is 2.35. The molecule has 1 atom stereocenters. The highest BCUT2D eigenvalue weighted by atomic mass is 16.5. The van der Waals surface area contributed by atoms with Gasteiger partial charge in [-0.15, -0.1) is 0 Å². The normalized spacial score (nSPS) is 11.6. The molecule has 0 aromatic heterocycles. The van der Waals surface area contributed by atoms with Crippen LogP contribution in [0, 0.1) is 0 Å².